The van der Waals surface area contributed by atoms with Crippen LogP contribution >= 0.6 is 0 Å². The average molecular weight is 757 g/mol. The molecule has 2 heterocycles. The van der Waals surface area contributed by atoms with Gasteiger partial charge in [0.15, 0.2) is 0 Å². The monoisotopic (exact) mass is 756 g/mol. The molecular weight excluding hydrogens is 713 g/mol. The Labute approximate surface area is 346 Å². The number of fused-ring (bicyclic) bond motifs is 12. The van der Waals surface area contributed by atoms with Crippen molar-refractivity contribution >= 4 is 72.9 Å². The zero-order valence-corrected chi connectivity index (χ0v) is 33.5. The van der Waals surface area contributed by atoms with Crippen molar-refractivity contribution in [2.45, 2.75) is 38.5 Å². The van der Waals surface area contributed by atoms with Crippen LogP contribution in [0.1, 0.15) is 59.2 Å². The van der Waals surface area contributed by atoms with E-state index in [1.165, 1.54) is 117 Å². The number of aryl methyl sites for hydroxylation is 1. The molecule has 0 amide bonds. The summed E-state index contributed by atoms with van der Waals surface area (Å²) in [5, 5.41) is 7.70. The molecule has 2 nitrogen and oxygen atoms in total. The molecule has 0 saturated carbocycles. The lowest BCUT2D eigenvalue weighted by atomic mass is 9.81. The second-order valence-electron chi connectivity index (χ2n) is 17.2. The summed E-state index contributed by atoms with van der Waals surface area (Å²) in [5.41, 5.74) is 18.4. The van der Waals surface area contributed by atoms with Crippen LogP contribution in [0.3, 0.4) is 0 Å². The van der Waals surface area contributed by atoms with Gasteiger partial charge in [0.25, 0.3) is 0 Å². The molecule has 0 N–H and O–H groups in total. The Balaban J connectivity index is 0.892. The smallest absolute Gasteiger partial charge is 0.0497 e. The first-order valence-corrected chi connectivity index (χ1v) is 21.2. The predicted molar refractivity (Wildman–Crippen MR) is 251 cm³/mol. The topological polar surface area (TPSA) is 6.48 Å². The minimum Gasteiger partial charge on any atom is -0.341 e. The van der Waals surface area contributed by atoms with Gasteiger partial charge in [0.2, 0.25) is 0 Å². The van der Waals surface area contributed by atoms with E-state index in [9.17, 15) is 0 Å². The van der Waals surface area contributed by atoms with E-state index in [4.69, 9.17) is 0 Å². The molecule has 1 aliphatic carbocycles. The quantitative estimate of drug-likeness (QED) is 0.130. The first kappa shape index (κ1) is 34.2. The number of para-hydroxylation sites is 3. The van der Waals surface area contributed by atoms with Gasteiger partial charge < -0.3 is 9.80 Å². The maximum Gasteiger partial charge on any atom is 0.0497 e. The minimum absolute atomic E-state index is 0.0939. The fourth-order valence-electron chi connectivity index (χ4n) is 10.6. The summed E-state index contributed by atoms with van der Waals surface area (Å²) >= 11 is 0. The lowest BCUT2D eigenvalue weighted by molar-refractivity contribution is 0.659. The van der Waals surface area contributed by atoms with Crippen LogP contribution in [0.15, 0.2) is 170 Å². The molecule has 59 heavy (non-hydrogen) atoms. The molecule has 0 atom stereocenters. The summed E-state index contributed by atoms with van der Waals surface area (Å²) < 4.78 is 0. The number of hydrogen-bond donors (Lipinski definition) is 0. The van der Waals surface area contributed by atoms with Crippen molar-refractivity contribution < 1.29 is 0 Å². The molecule has 3 aliphatic rings. The van der Waals surface area contributed by atoms with Gasteiger partial charge in [-0.15, -0.1) is 0 Å². The van der Waals surface area contributed by atoms with E-state index < -0.39 is 0 Å². The number of nitrogens with zero attached hydrogens (tertiary/aromatic N) is 2. The van der Waals surface area contributed by atoms with Crippen LogP contribution in [0, 0.1) is 0 Å². The van der Waals surface area contributed by atoms with Crippen LogP contribution in [0.4, 0.5) is 28.4 Å². The SMILES string of the molecule is CC1(C)c2cc(C=Cc3ccc4c5ccc(N6c7ccccc7Cc7ccccc76)cc5c5ccccc5c4c3)ccc2-c2ccc(N3CCCc4ccccc43)cc21. The molecule has 12 rings (SSSR count). The maximum atomic E-state index is 2.52. The van der Waals surface area contributed by atoms with E-state index in [1.54, 1.807) is 0 Å². The van der Waals surface area contributed by atoms with Gasteiger partial charge in [-0.25, -0.2) is 0 Å². The number of rotatable bonds is 4. The standard InChI is InChI=1S/C57H44N2/c1-57(2)52-33-38(24-28-48(52)49-30-25-42(36-53(49)57)58-31-11-15-39-12-3-8-18-54(39)58)22-21-37-23-27-46-47-29-26-43(35-51(47)45-17-7-6-16-44(45)50(46)32-37)59-55-19-9-4-13-40(55)34-41-14-5-10-20-56(41)59/h3-10,12-14,16-30,32-33,35-36H,11,15,31,34H2,1-2H3. The normalized spacial score (nSPS) is 15.0. The van der Waals surface area contributed by atoms with E-state index in [0.29, 0.717) is 0 Å². The Hall–Kier alpha value is -6.90. The molecule has 282 valence electrons. The van der Waals surface area contributed by atoms with Gasteiger partial charge in [-0.1, -0.05) is 147 Å². The highest BCUT2D eigenvalue weighted by molar-refractivity contribution is 6.26. The first-order valence-electron chi connectivity index (χ1n) is 21.2. The van der Waals surface area contributed by atoms with Gasteiger partial charge >= 0.3 is 0 Å². The average Bonchev–Trinajstić information content (AvgIpc) is 3.51. The van der Waals surface area contributed by atoms with Crippen molar-refractivity contribution in [2.75, 3.05) is 16.3 Å². The van der Waals surface area contributed by atoms with Gasteiger partial charge in [0, 0.05) is 46.8 Å². The fraction of sp³-hybridized carbons (Fsp3) is 0.123. The Kier molecular flexibility index (Phi) is 7.56. The van der Waals surface area contributed by atoms with Crippen LogP contribution in [0.25, 0.3) is 55.6 Å². The van der Waals surface area contributed by atoms with E-state index in [0.717, 1.165) is 19.4 Å². The fourth-order valence-corrected chi connectivity index (χ4v) is 10.6. The lowest BCUT2D eigenvalue weighted by Crippen LogP contribution is -2.25. The van der Waals surface area contributed by atoms with Crippen molar-refractivity contribution in [3.63, 3.8) is 0 Å². The van der Waals surface area contributed by atoms with Crippen molar-refractivity contribution in [1.82, 2.24) is 0 Å². The summed E-state index contributed by atoms with van der Waals surface area (Å²) in [6, 6.07) is 63.8. The highest BCUT2D eigenvalue weighted by atomic mass is 15.2. The Bertz CT molecular complexity index is 3150. The van der Waals surface area contributed by atoms with Gasteiger partial charge in [0.1, 0.15) is 0 Å². The summed E-state index contributed by atoms with van der Waals surface area (Å²) in [7, 11) is 0. The van der Waals surface area contributed by atoms with Crippen LogP contribution in [-0.4, -0.2) is 6.54 Å². The van der Waals surface area contributed by atoms with E-state index >= 15 is 0 Å². The summed E-state index contributed by atoms with van der Waals surface area (Å²) in [5.74, 6) is 0. The molecule has 9 aromatic rings. The molecule has 0 bridgehead atoms. The molecule has 0 fully saturated rings. The highest BCUT2D eigenvalue weighted by Gasteiger charge is 2.36. The zero-order chi connectivity index (χ0) is 39.2. The number of benzene rings is 9. The van der Waals surface area contributed by atoms with Gasteiger partial charge in [-0.05, 0) is 144 Å². The maximum absolute atomic E-state index is 2.52. The van der Waals surface area contributed by atoms with E-state index in [-0.39, 0.29) is 5.41 Å². The highest BCUT2D eigenvalue weighted by Crippen LogP contribution is 2.51. The first-order chi connectivity index (χ1) is 29.0. The molecular formula is C57H44N2. The van der Waals surface area contributed by atoms with Crippen molar-refractivity contribution in [1.29, 1.82) is 0 Å². The van der Waals surface area contributed by atoms with Crippen molar-refractivity contribution in [3.05, 3.63) is 209 Å². The van der Waals surface area contributed by atoms with Crippen LogP contribution < -0.4 is 9.80 Å². The lowest BCUT2D eigenvalue weighted by Gasteiger charge is -2.33. The minimum atomic E-state index is -0.0939. The van der Waals surface area contributed by atoms with Crippen LogP contribution in [-0.2, 0) is 18.3 Å². The van der Waals surface area contributed by atoms with Crippen molar-refractivity contribution in [3.8, 4) is 11.1 Å². The van der Waals surface area contributed by atoms with E-state index in [1.807, 2.05) is 0 Å². The molecule has 2 heteroatoms. The summed E-state index contributed by atoms with van der Waals surface area (Å²) in [6.07, 6.45) is 7.87. The summed E-state index contributed by atoms with van der Waals surface area (Å²) in [6.45, 7) is 5.85. The molecule has 0 unspecified atom stereocenters. The summed E-state index contributed by atoms with van der Waals surface area (Å²) in [4.78, 5) is 4.97. The third-order valence-electron chi connectivity index (χ3n) is 13.5. The van der Waals surface area contributed by atoms with E-state index in [2.05, 4.69) is 206 Å². The Morgan fingerprint density at radius 2 is 0.966 bits per heavy atom. The van der Waals surface area contributed by atoms with Gasteiger partial charge in [-0.3, -0.25) is 0 Å². The second kappa shape index (κ2) is 13.1. The van der Waals surface area contributed by atoms with Crippen LogP contribution in [0.2, 0.25) is 0 Å². The molecule has 9 aromatic carbocycles. The molecule has 0 aromatic heterocycles. The Morgan fingerprint density at radius 1 is 0.441 bits per heavy atom. The van der Waals surface area contributed by atoms with Gasteiger partial charge in [0.05, 0.1) is 0 Å². The largest absolute Gasteiger partial charge is 0.341 e. The number of hydrogen-bond acceptors (Lipinski definition) is 2. The van der Waals surface area contributed by atoms with Crippen molar-refractivity contribution in [2.24, 2.45) is 0 Å². The van der Waals surface area contributed by atoms with Crippen LogP contribution in [0.5, 0.6) is 0 Å². The number of anilines is 5. The molecule has 0 saturated heterocycles. The molecule has 0 spiro atoms. The zero-order valence-electron chi connectivity index (χ0n) is 33.5. The third kappa shape index (κ3) is 5.33. The predicted octanol–water partition coefficient (Wildman–Crippen LogP) is 15.1. The molecule has 2 aliphatic heterocycles. The molecule has 0 radical (unpaired) electrons. The Morgan fingerprint density at radius 3 is 1.69 bits per heavy atom. The van der Waals surface area contributed by atoms with Gasteiger partial charge in [-0.2, -0.15) is 0 Å². The second-order valence-corrected chi connectivity index (χ2v) is 17.2. The third-order valence-corrected chi connectivity index (χ3v) is 13.5.